The minimum absolute atomic E-state index is 0.324. The SMILES string of the molecule is CN=C(N)c1ncncc1N. The van der Waals surface area contributed by atoms with Crippen LogP contribution in [0.1, 0.15) is 5.69 Å². The number of nitrogens with two attached hydrogens (primary N) is 2. The van der Waals surface area contributed by atoms with Gasteiger partial charge in [0.25, 0.3) is 0 Å². The van der Waals surface area contributed by atoms with E-state index in [0.717, 1.165) is 0 Å². The molecule has 0 fully saturated rings. The zero-order chi connectivity index (χ0) is 8.27. The van der Waals surface area contributed by atoms with Crippen LogP contribution in [-0.2, 0) is 0 Å². The first-order valence-electron chi connectivity index (χ1n) is 3.04. The van der Waals surface area contributed by atoms with Crippen LogP contribution >= 0.6 is 0 Å². The van der Waals surface area contributed by atoms with E-state index in [9.17, 15) is 0 Å². The highest BCUT2D eigenvalue weighted by Crippen LogP contribution is 2.03. The van der Waals surface area contributed by atoms with E-state index in [-0.39, 0.29) is 0 Å². The normalized spacial score (nSPS) is 11.5. The van der Waals surface area contributed by atoms with Gasteiger partial charge < -0.3 is 11.5 Å². The molecule has 5 nitrogen and oxygen atoms in total. The molecule has 4 N–H and O–H groups in total. The van der Waals surface area contributed by atoms with Crippen LogP contribution in [0.15, 0.2) is 17.5 Å². The molecule has 0 aliphatic carbocycles. The Balaban J connectivity index is 3.14. The third-order valence-corrected chi connectivity index (χ3v) is 1.22. The molecule has 1 aromatic heterocycles. The largest absolute Gasteiger partial charge is 0.396 e. The number of amidine groups is 1. The smallest absolute Gasteiger partial charge is 0.146 e. The van der Waals surface area contributed by atoms with E-state index in [1.54, 1.807) is 7.05 Å². The summed E-state index contributed by atoms with van der Waals surface area (Å²) in [6.45, 7) is 0. The lowest BCUT2D eigenvalue weighted by molar-refractivity contribution is 1.15. The van der Waals surface area contributed by atoms with E-state index >= 15 is 0 Å². The van der Waals surface area contributed by atoms with Gasteiger partial charge in [0.2, 0.25) is 0 Å². The van der Waals surface area contributed by atoms with Crippen LogP contribution in [0, 0.1) is 0 Å². The lowest BCUT2D eigenvalue weighted by atomic mass is 10.3. The molecular formula is C6H9N5. The first-order chi connectivity index (χ1) is 5.25. The highest BCUT2D eigenvalue weighted by Gasteiger charge is 2.02. The van der Waals surface area contributed by atoms with Crippen LogP contribution < -0.4 is 11.5 Å². The van der Waals surface area contributed by atoms with Crippen molar-refractivity contribution in [3.63, 3.8) is 0 Å². The molecule has 58 valence electrons. The van der Waals surface area contributed by atoms with E-state index in [2.05, 4.69) is 15.0 Å². The summed E-state index contributed by atoms with van der Waals surface area (Å²) in [4.78, 5) is 11.3. The van der Waals surface area contributed by atoms with E-state index in [1.807, 2.05) is 0 Å². The molecule has 1 aromatic rings. The Morgan fingerprint density at radius 1 is 1.64 bits per heavy atom. The van der Waals surface area contributed by atoms with Gasteiger partial charge in [-0.2, -0.15) is 0 Å². The number of hydrogen-bond acceptors (Lipinski definition) is 4. The van der Waals surface area contributed by atoms with Crippen LogP contribution in [0.2, 0.25) is 0 Å². The monoisotopic (exact) mass is 151 g/mol. The molecule has 0 bridgehead atoms. The summed E-state index contributed by atoms with van der Waals surface area (Å²) in [6.07, 6.45) is 2.87. The van der Waals surface area contributed by atoms with Crippen molar-refractivity contribution in [2.75, 3.05) is 12.8 Å². The first kappa shape index (κ1) is 7.46. The van der Waals surface area contributed by atoms with Crippen molar-refractivity contribution < 1.29 is 0 Å². The van der Waals surface area contributed by atoms with Gasteiger partial charge in [0.05, 0.1) is 11.9 Å². The number of aliphatic imine (C=N–C) groups is 1. The van der Waals surface area contributed by atoms with E-state index in [0.29, 0.717) is 17.2 Å². The van der Waals surface area contributed by atoms with Crippen molar-refractivity contribution in [1.82, 2.24) is 9.97 Å². The van der Waals surface area contributed by atoms with Crippen LogP contribution in [0.4, 0.5) is 5.69 Å². The average molecular weight is 151 g/mol. The Morgan fingerprint density at radius 3 is 2.91 bits per heavy atom. The Labute approximate surface area is 64.2 Å². The maximum atomic E-state index is 5.51. The van der Waals surface area contributed by atoms with Crippen molar-refractivity contribution in [3.8, 4) is 0 Å². The second kappa shape index (κ2) is 2.96. The van der Waals surface area contributed by atoms with Crippen LogP contribution in [0.5, 0.6) is 0 Å². The molecule has 1 rings (SSSR count). The van der Waals surface area contributed by atoms with Crippen molar-refractivity contribution >= 4 is 11.5 Å². The molecule has 0 unspecified atom stereocenters. The van der Waals surface area contributed by atoms with Gasteiger partial charge in [-0.3, -0.25) is 4.99 Å². The molecule has 1 heterocycles. The summed E-state index contributed by atoms with van der Waals surface area (Å²) in [6, 6.07) is 0. The van der Waals surface area contributed by atoms with Gasteiger partial charge in [0.15, 0.2) is 0 Å². The summed E-state index contributed by atoms with van der Waals surface area (Å²) < 4.78 is 0. The summed E-state index contributed by atoms with van der Waals surface area (Å²) >= 11 is 0. The number of aromatic nitrogens is 2. The third kappa shape index (κ3) is 1.43. The summed E-state index contributed by atoms with van der Waals surface area (Å²) in [5.41, 5.74) is 11.9. The molecule has 0 amide bonds. The number of nitrogen functional groups attached to an aromatic ring is 1. The topological polar surface area (TPSA) is 90.2 Å². The van der Waals surface area contributed by atoms with Crippen LogP contribution in [-0.4, -0.2) is 22.9 Å². The van der Waals surface area contributed by atoms with Gasteiger partial charge in [-0.1, -0.05) is 0 Å². The quantitative estimate of drug-likeness (QED) is 0.414. The summed E-state index contributed by atoms with van der Waals surface area (Å²) in [5, 5.41) is 0. The van der Waals surface area contributed by atoms with Crippen molar-refractivity contribution in [2.24, 2.45) is 10.7 Å². The fourth-order valence-corrected chi connectivity index (χ4v) is 0.660. The predicted molar refractivity (Wildman–Crippen MR) is 43.1 cm³/mol. The van der Waals surface area contributed by atoms with Crippen LogP contribution in [0.25, 0.3) is 0 Å². The fraction of sp³-hybridized carbons (Fsp3) is 0.167. The third-order valence-electron chi connectivity index (χ3n) is 1.22. The van der Waals surface area contributed by atoms with Gasteiger partial charge in [-0.05, 0) is 0 Å². The number of anilines is 1. The number of hydrogen-bond donors (Lipinski definition) is 2. The Bertz CT molecular complexity index is 280. The van der Waals surface area contributed by atoms with Crippen molar-refractivity contribution in [3.05, 3.63) is 18.2 Å². The number of nitrogens with zero attached hydrogens (tertiary/aromatic N) is 3. The first-order valence-corrected chi connectivity index (χ1v) is 3.04. The van der Waals surface area contributed by atoms with Crippen LogP contribution in [0.3, 0.4) is 0 Å². The maximum Gasteiger partial charge on any atom is 0.146 e. The van der Waals surface area contributed by atoms with E-state index in [1.165, 1.54) is 12.5 Å². The predicted octanol–water partition coefficient (Wildman–Crippen LogP) is -0.606. The van der Waals surface area contributed by atoms with Gasteiger partial charge >= 0.3 is 0 Å². The standard InChI is InChI=1S/C6H9N5/c1-9-6(8)5-4(7)2-10-3-11-5/h2-3H,7H2,1H3,(H2,8,9). The molecule has 5 heteroatoms. The molecule has 0 saturated heterocycles. The van der Waals surface area contributed by atoms with Crippen molar-refractivity contribution in [1.29, 1.82) is 0 Å². The Hall–Kier alpha value is -1.65. The molecule has 0 aromatic carbocycles. The molecule has 0 atom stereocenters. The Kier molecular flexibility index (Phi) is 2.00. The Morgan fingerprint density at radius 2 is 2.36 bits per heavy atom. The zero-order valence-corrected chi connectivity index (χ0v) is 6.15. The molecule has 0 aliphatic rings. The highest BCUT2D eigenvalue weighted by atomic mass is 14.9. The lowest BCUT2D eigenvalue weighted by Crippen LogP contribution is -2.17. The van der Waals surface area contributed by atoms with Gasteiger partial charge in [0.1, 0.15) is 17.9 Å². The second-order valence-electron chi connectivity index (χ2n) is 1.94. The molecule has 0 aliphatic heterocycles. The maximum absolute atomic E-state index is 5.51. The summed E-state index contributed by atoms with van der Waals surface area (Å²) in [5.74, 6) is 0.324. The van der Waals surface area contributed by atoms with E-state index < -0.39 is 0 Å². The van der Waals surface area contributed by atoms with Gasteiger partial charge in [-0.25, -0.2) is 9.97 Å². The van der Waals surface area contributed by atoms with Crippen molar-refractivity contribution in [2.45, 2.75) is 0 Å². The average Bonchev–Trinajstić information content (AvgIpc) is 2.04. The number of rotatable bonds is 1. The minimum Gasteiger partial charge on any atom is -0.396 e. The van der Waals surface area contributed by atoms with E-state index in [4.69, 9.17) is 11.5 Å². The molecule has 0 saturated carbocycles. The fourth-order valence-electron chi connectivity index (χ4n) is 0.660. The zero-order valence-electron chi connectivity index (χ0n) is 6.15. The minimum atomic E-state index is 0.324. The lowest BCUT2D eigenvalue weighted by Gasteiger charge is -1.99. The summed E-state index contributed by atoms with van der Waals surface area (Å²) in [7, 11) is 1.58. The molecular weight excluding hydrogens is 142 g/mol. The molecule has 11 heavy (non-hydrogen) atoms. The second-order valence-corrected chi connectivity index (χ2v) is 1.94. The van der Waals surface area contributed by atoms with Gasteiger partial charge in [-0.15, -0.1) is 0 Å². The highest BCUT2D eigenvalue weighted by molar-refractivity contribution is 5.99. The van der Waals surface area contributed by atoms with Gasteiger partial charge in [0, 0.05) is 7.05 Å². The molecule has 0 spiro atoms. The molecule has 0 radical (unpaired) electrons.